The standard InChI is InChI=1S/C11H17NO3S2/c1-9(8-16-7-6-12)10-2-4-11(5-3-10)17(13,14)15/h2-5,9H,6-8,12H2,1H3,(H,13,14,15). The molecule has 0 fully saturated rings. The Hall–Kier alpha value is -0.560. The SMILES string of the molecule is CC(CSCCN)c1ccc(S(=O)(=O)O)cc1. The topological polar surface area (TPSA) is 80.4 Å². The number of hydrogen-bond acceptors (Lipinski definition) is 4. The average molecular weight is 275 g/mol. The van der Waals surface area contributed by atoms with Crippen molar-refractivity contribution in [3.8, 4) is 0 Å². The van der Waals surface area contributed by atoms with E-state index in [2.05, 4.69) is 6.92 Å². The van der Waals surface area contributed by atoms with Gasteiger partial charge in [-0.2, -0.15) is 20.2 Å². The van der Waals surface area contributed by atoms with Gasteiger partial charge in [0.05, 0.1) is 4.90 Å². The van der Waals surface area contributed by atoms with Gasteiger partial charge in [0, 0.05) is 12.3 Å². The van der Waals surface area contributed by atoms with E-state index in [0.717, 1.165) is 17.1 Å². The monoisotopic (exact) mass is 275 g/mol. The van der Waals surface area contributed by atoms with Gasteiger partial charge in [0.15, 0.2) is 0 Å². The third-order valence-corrected chi connectivity index (χ3v) is 4.50. The first-order chi connectivity index (χ1) is 7.95. The van der Waals surface area contributed by atoms with Crippen molar-refractivity contribution in [2.24, 2.45) is 5.73 Å². The molecule has 96 valence electrons. The van der Waals surface area contributed by atoms with E-state index >= 15 is 0 Å². The lowest BCUT2D eigenvalue weighted by Crippen LogP contribution is -2.05. The zero-order chi connectivity index (χ0) is 12.9. The summed E-state index contributed by atoms with van der Waals surface area (Å²) in [5.41, 5.74) is 6.46. The number of rotatable bonds is 6. The number of nitrogens with two attached hydrogens (primary N) is 1. The molecule has 0 aromatic heterocycles. The fourth-order valence-electron chi connectivity index (χ4n) is 1.41. The summed E-state index contributed by atoms with van der Waals surface area (Å²) in [5, 5.41) is 0. The summed E-state index contributed by atoms with van der Waals surface area (Å²) in [5.74, 6) is 2.21. The molecule has 0 saturated carbocycles. The van der Waals surface area contributed by atoms with Crippen LogP contribution < -0.4 is 5.73 Å². The predicted octanol–water partition coefficient (Wildman–Crippen LogP) is 1.73. The lowest BCUT2D eigenvalue weighted by molar-refractivity contribution is 0.483. The summed E-state index contributed by atoms with van der Waals surface area (Å²) in [4.78, 5) is -0.0666. The van der Waals surface area contributed by atoms with E-state index in [1.54, 1.807) is 23.9 Å². The van der Waals surface area contributed by atoms with Crippen molar-refractivity contribution >= 4 is 21.9 Å². The highest BCUT2D eigenvalue weighted by Crippen LogP contribution is 2.21. The first-order valence-electron chi connectivity index (χ1n) is 5.30. The van der Waals surface area contributed by atoms with E-state index in [1.165, 1.54) is 12.1 Å². The molecule has 0 aliphatic carbocycles. The first-order valence-corrected chi connectivity index (χ1v) is 7.90. The van der Waals surface area contributed by atoms with Crippen LogP contribution in [0.5, 0.6) is 0 Å². The van der Waals surface area contributed by atoms with Crippen molar-refractivity contribution in [2.75, 3.05) is 18.1 Å². The normalized spacial score (nSPS) is 13.6. The van der Waals surface area contributed by atoms with Crippen LogP contribution in [0, 0.1) is 0 Å². The van der Waals surface area contributed by atoms with Crippen LogP contribution in [-0.2, 0) is 10.1 Å². The molecule has 3 N–H and O–H groups in total. The van der Waals surface area contributed by atoms with Gasteiger partial charge in [-0.25, -0.2) is 0 Å². The van der Waals surface area contributed by atoms with E-state index in [-0.39, 0.29) is 4.90 Å². The van der Waals surface area contributed by atoms with Crippen molar-refractivity contribution < 1.29 is 13.0 Å². The van der Waals surface area contributed by atoms with Gasteiger partial charge >= 0.3 is 0 Å². The Morgan fingerprint density at radius 1 is 1.35 bits per heavy atom. The summed E-state index contributed by atoms with van der Waals surface area (Å²) in [6, 6.07) is 6.32. The van der Waals surface area contributed by atoms with Crippen molar-refractivity contribution in [2.45, 2.75) is 17.7 Å². The van der Waals surface area contributed by atoms with E-state index in [9.17, 15) is 8.42 Å². The minimum absolute atomic E-state index is 0.0666. The molecule has 1 rings (SSSR count). The molecule has 0 bridgehead atoms. The quantitative estimate of drug-likeness (QED) is 0.610. The molecule has 1 unspecified atom stereocenters. The van der Waals surface area contributed by atoms with Crippen molar-refractivity contribution in [1.29, 1.82) is 0 Å². The summed E-state index contributed by atoms with van der Waals surface area (Å²) >= 11 is 1.77. The van der Waals surface area contributed by atoms with Crippen LogP contribution >= 0.6 is 11.8 Å². The lowest BCUT2D eigenvalue weighted by atomic mass is 10.0. The molecule has 0 heterocycles. The Morgan fingerprint density at radius 2 is 1.94 bits per heavy atom. The smallest absolute Gasteiger partial charge is 0.294 e. The van der Waals surface area contributed by atoms with Gasteiger partial charge in [-0.1, -0.05) is 19.1 Å². The molecule has 6 heteroatoms. The van der Waals surface area contributed by atoms with E-state index in [0.29, 0.717) is 12.5 Å². The van der Waals surface area contributed by atoms with Crippen LogP contribution in [-0.4, -0.2) is 31.0 Å². The van der Waals surface area contributed by atoms with Gasteiger partial charge in [-0.15, -0.1) is 0 Å². The molecule has 0 aliphatic rings. The molecular formula is C11H17NO3S2. The third kappa shape index (κ3) is 4.67. The molecule has 0 aliphatic heterocycles. The van der Waals surface area contributed by atoms with E-state index < -0.39 is 10.1 Å². The van der Waals surface area contributed by atoms with Crippen LogP contribution in [0.1, 0.15) is 18.4 Å². The zero-order valence-corrected chi connectivity index (χ0v) is 11.3. The van der Waals surface area contributed by atoms with E-state index in [4.69, 9.17) is 10.3 Å². The molecule has 1 aromatic rings. The number of hydrogen-bond donors (Lipinski definition) is 2. The molecule has 1 atom stereocenters. The third-order valence-electron chi connectivity index (χ3n) is 2.38. The fraction of sp³-hybridized carbons (Fsp3) is 0.455. The van der Waals surface area contributed by atoms with Gasteiger partial charge in [-0.3, -0.25) is 4.55 Å². The lowest BCUT2D eigenvalue weighted by Gasteiger charge is -2.11. The number of benzene rings is 1. The summed E-state index contributed by atoms with van der Waals surface area (Å²) < 4.78 is 30.6. The van der Waals surface area contributed by atoms with Gasteiger partial charge in [0.25, 0.3) is 10.1 Å². The maximum atomic E-state index is 10.9. The van der Waals surface area contributed by atoms with Crippen LogP contribution in [0.2, 0.25) is 0 Å². The van der Waals surface area contributed by atoms with Gasteiger partial charge in [-0.05, 0) is 29.4 Å². The molecule has 17 heavy (non-hydrogen) atoms. The predicted molar refractivity (Wildman–Crippen MR) is 71.1 cm³/mol. The Balaban J connectivity index is 2.67. The van der Waals surface area contributed by atoms with Crippen molar-refractivity contribution in [1.82, 2.24) is 0 Å². The summed E-state index contributed by atoms with van der Waals surface area (Å²) in [6.45, 7) is 2.74. The van der Waals surface area contributed by atoms with Crippen LogP contribution in [0.3, 0.4) is 0 Å². The highest BCUT2D eigenvalue weighted by atomic mass is 32.2. The Labute approximate surface area is 106 Å². The van der Waals surface area contributed by atoms with Gasteiger partial charge < -0.3 is 5.73 Å². The first kappa shape index (κ1) is 14.5. The van der Waals surface area contributed by atoms with Crippen LogP contribution in [0.25, 0.3) is 0 Å². The second kappa shape index (κ2) is 6.39. The molecule has 0 amide bonds. The van der Waals surface area contributed by atoms with Crippen LogP contribution in [0.15, 0.2) is 29.2 Å². The van der Waals surface area contributed by atoms with Gasteiger partial charge in [0.1, 0.15) is 0 Å². The highest BCUT2D eigenvalue weighted by Gasteiger charge is 2.10. The van der Waals surface area contributed by atoms with E-state index in [1.807, 2.05) is 0 Å². The fourth-order valence-corrected chi connectivity index (χ4v) is 2.77. The Kier molecular flexibility index (Phi) is 5.45. The molecule has 1 aromatic carbocycles. The maximum Gasteiger partial charge on any atom is 0.294 e. The summed E-state index contributed by atoms with van der Waals surface area (Å²) in [6.07, 6.45) is 0. The second-order valence-corrected chi connectivity index (χ2v) is 6.38. The number of thioether (sulfide) groups is 1. The molecule has 0 saturated heterocycles. The largest absolute Gasteiger partial charge is 0.330 e. The molecule has 0 radical (unpaired) electrons. The van der Waals surface area contributed by atoms with Crippen molar-refractivity contribution in [3.05, 3.63) is 29.8 Å². The molecule has 0 spiro atoms. The Bertz CT molecular complexity index is 442. The van der Waals surface area contributed by atoms with Crippen molar-refractivity contribution in [3.63, 3.8) is 0 Å². The minimum Gasteiger partial charge on any atom is -0.330 e. The molecule has 4 nitrogen and oxygen atoms in total. The summed E-state index contributed by atoms with van der Waals surface area (Å²) in [7, 11) is -4.09. The van der Waals surface area contributed by atoms with Gasteiger partial charge in [0.2, 0.25) is 0 Å². The Morgan fingerprint density at radius 3 is 2.41 bits per heavy atom. The highest BCUT2D eigenvalue weighted by molar-refractivity contribution is 7.99. The molecular weight excluding hydrogens is 258 g/mol. The second-order valence-electron chi connectivity index (χ2n) is 3.81. The zero-order valence-electron chi connectivity index (χ0n) is 9.67. The minimum atomic E-state index is -4.09. The average Bonchev–Trinajstić information content (AvgIpc) is 2.28. The van der Waals surface area contributed by atoms with Crippen LogP contribution in [0.4, 0.5) is 0 Å². The maximum absolute atomic E-state index is 10.9.